The Hall–Kier alpha value is -0.510. The first-order chi connectivity index (χ1) is 7.53. The minimum atomic E-state index is -0.661. The van der Waals surface area contributed by atoms with Crippen molar-refractivity contribution in [2.75, 3.05) is 18.6 Å². The minimum Gasteiger partial charge on any atom is -0.389 e. The molecule has 0 saturated carbocycles. The Morgan fingerprint density at radius 1 is 1.31 bits per heavy atom. The lowest BCUT2D eigenvalue weighted by Crippen LogP contribution is -2.37. The maximum atomic E-state index is 9.71. The van der Waals surface area contributed by atoms with Gasteiger partial charge in [0, 0.05) is 18.3 Å². The summed E-state index contributed by atoms with van der Waals surface area (Å²) in [5.74, 6) is 1.01. The SMILES string of the molecule is CSCC(NCC(C)(C)O)c1ccccc1. The molecule has 0 radical (unpaired) electrons. The van der Waals surface area contributed by atoms with Gasteiger partial charge < -0.3 is 10.4 Å². The standard InChI is InChI=1S/C13H21NOS/c1-13(2,15)10-14-12(9-16-3)11-7-5-4-6-8-11/h4-8,12,14-15H,9-10H2,1-3H3. The van der Waals surface area contributed by atoms with Gasteiger partial charge in [0.1, 0.15) is 0 Å². The van der Waals surface area contributed by atoms with Gasteiger partial charge in [-0.15, -0.1) is 0 Å². The van der Waals surface area contributed by atoms with Crippen LogP contribution < -0.4 is 5.32 Å². The second-order valence-corrected chi connectivity index (χ2v) is 5.52. The second kappa shape index (κ2) is 6.28. The summed E-state index contributed by atoms with van der Waals surface area (Å²) in [4.78, 5) is 0. The normalized spacial score (nSPS) is 13.8. The van der Waals surface area contributed by atoms with Gasteiger partial charge in [0.25, 0.3) is 0 Å². The molecule has 16 heavy (non-hydrogen) atoms. The van der Waals surface area contributed by atoms with E-state index in [0.717, 1.165) is 5.75 Å². The molecule has 0 aromatic heterocycles. The third-order valence-electron chi connectivity index (χ3n) is 2.32. The number of rotatable bonds is 6. The van der Waals surface area contributed by atoms with Crippen molar-refractivity contribution >= 4 is 11.8 Å². The maximum Gasteiger partial charge on any atom is 0.0715 e. The number of nitrogens with one attached hydrogen (secondary N) is 1. The fourth-order valence-corrected chi connectivity index (χ4v) is 2.14. The zero-order valence-electron chi connectivity index (χ0n) is 10.2. The quantitative estimate of drug-likeness (QED) is 0.800. The number of thioether (sulfide) groups is 1. The molecule has 1 rings (SSSR count). The van der Waals surface area contributed by atoms with Crippen LogP contribution in [-0.4, -0.2) is 29.3 Å². The number of aliphatic hydroxyl groups is 1. The van der Waals surface area contributed by atoms with Crippen molar-refractivity contribution in [1.82, 2.24) is 5.32 Å². The van der Waals surface area contributed by atoms with Gasteiger partial charge in [-0.05, 0) is 25.7 Å². The van der Waals surface area contributed by atoms with E-state index in [1.165, 1.54) is 5.56 Å². The van der Waals surface area contributed by atoms with Crippen LogP contribution in [0.15, 0.2) is 30.3 Å². The summed E-state index contributed by atoms with van der Waals surface area (Å²) in [5, 5.41) is 13.1. The van der Waals surface area contributed by atoms with Gasteiger partial charge in [0.15, 0.2) is 0 Å². The highest BCUT2D eigenvalue weighted by Crippen LogP contribution is 2.17. The van der Waals surface area contributed by atoms with Crippen LogP contribution in [0.2, 0.25) is 0 Å². The first-order valence-corrected chi connectivity index (χ1v) is 6.92. The van der Waals surface area contributed by atoms with Crippen molar-refractivity contribution in [1.29, 1.82) is 0 Å². The first-order valence-electron chi connectivity index (χ1n) is 5.52. The van der Waals surface area contributed by atoms with Crippen LogP contribution in [0.4, 0.5) is 0 Å². The van der Waals surface area contributed by atoms with Crippen molar-refractivity contribution in [3.8, 4) is 0 Å². The smallest absolute Gasteiger partial charge is 0.0715 e. The van der Waals surface area contributed by atoms with E-state index in [-0.39, 0.29) is 0 Å². The summed E-state index contributed by atoms with van der Waals surface area (Å²) >= 11 is 1.81. The topological polar surface area (TPSA) is 32.3 Å². The molecule has 0 bridgehead atoms. The van der Waals surface area contributed by atoms with Crippen LogP contribution >= 0.6 is 11.8 Å². The molecule has 3 heteroatoms. The Morgan fingerprint density at radius 3 is 2.44 bits per heavy atom. The van der Waals surface area contributed by atoms with Crippen LogP contribution in [0.3, 0.4) is 0 Å². The second-order valence-electron chi connectivity index (χ2n) is 4.61. The average molecular weight is 239 g/mol. The van der Waals surface area contributed by atoms with Crippen LogP contribution in [0.5, 0.6) is 0 Å². The lowest BCUT2D eigenvalue weighted by Gasteiger charge is -2.24. The third-order valence-corrected chi connectivity index (χ3v) is 2.98. The summed E-state index contributed by atoms with van der Waals surface area (Å²) in [6.45, 7) is 4.25. The Morgan fingerprint density at radius 2 is 1.94 bits per heavy atom. The fourth-order valence-electron chi connectivity index (χ4n) is 1.50. The number of hydrogen-bond donors (Lipinski definition) is 2. The number of benzene rings is 1. The van der Waals surface area contributed by atoms with E-state index in [2.05, 4.69) is 35.8 Å². The van der Waals surface area contributed by atoms with Crippen LogP contribution in [0.25, 0.3) is 0 Å². The molecule has 0 aliphatic rings. The molecule has 0 saturated heterocycles. The van der Waals surface area contributed by atoms with E-state index in [9.17, 15) is 5.11 Å². The Balaban J connectivity index is 2.61. The minimum absolute atomic E-state index is 0.308. The Kier molecular flexibility index (Phi) is 5.32. The van der Waals surface area contributed by atoms with Gasteiger partial charge in [-0.25, -0.2) is 0 Å². The summed E-state index contributed by atoms with van der Waals surface area (Å²) < 4.78 is 0. The van der Waals surface area contributed by atoms with E-state index in [1.807, 2.05) is 31.7 Å². The van der Waals surface area contributed by atoms with Gasteiger partial charge in [0.2, 0.25) is 0 Å². The molecule has 0 aliphatic heterocycles. The summed E-state index contributed by atoms with van der Waals surface area (Å²) in [6, 6.07) is 10.7. The summed E-state index contributed by atoms with van der Waals surface area (Å²) in [7, 11) is 0. The molecule has 0 aliphatic carbocycles. The molecule has 90 valence electrons. The molecule has 0 amide bonds. The van der Waals surface area contributed by atoms with E-state index in [1.54, 1.807) is 0 Å². The molecule has 1 unspecified atom stereocenters. The van der Waals surface area contributed by atoms with Gasteiger partial charge in [-0.3, -0.25) is 0 Å². The zero-order valence-corrected chi connectivity index (χ0v) is 11.1. The highest BCUT2D eigenvalue weighted by Gasteiger charge is 2.16. The largest absolute Gasteiger partial charge is 0.389 e. The molecular formula is C13H21NOS. The predicted molar refractivity (Wildman–Crippen MR) is 71.9 cm³/mol. The van der Waals surface area contributed by atoms with Crippen LogP contribution in [0, 0.1) is 0 Å². The highest BCUT2D eigenvalue weighted by atomic mass is 32.2. The van der Waals surface area contributed by atoms with Crippen molar-refractivity contribution in [2.24, 2.45) is 0 Å². The lowest BCUT2D eigenvalue weighted by molar-refractivity contribution is 0.0772. The van der Waals surface area contributed by atoms with Crippen molar-refractivity contribution < 1.29 is 5.11 Å². The van der Waals surface area contributed by atoms with Crippen molar-refractivity contribution in [3.63, 3.8) is 0 Å². The number of hydrogen-bond acceptors (Lipinski definition) is 3. The molecule has 2 nitrogen and oxygen atoms in total. The molecule has 1 aromatic rings. The molecule has 0 spiro atoms. The summed E-state index contributed by atoms with van der Waals surface area (Å²) in [5.41, 5.74) is 0.618. The van der Waals surface area contributed by atoms with Crippen molar-refractivity contribution in [2.45, 2.75) is 25.5 Å². The van der Waals surface area contributed by atoms with Gasteiger partial charge in [-0.2, -0.15) is 11.8 Å². The molecule has 1 aromatic carbocycles. The highest BCUT2D eigenvalue weighted by molar-refractivity contribution is 7.98. The van der Waals surface area contributed by atoms with E-state index in [4.69, 9.17) is 0 Å². The monoisotopic (exact) mass is 239 g/mol. The van der Waals surface area contributed by atoms with Crippen LogP contribution in [-0.2, 0) is 0 Å². The van der Waals surface area contributed by atoms with Gasteiger partial charge in [0.05, 0.1) is 5.60 Å². The molecule has 1 atom stereocenters. The van der Waals surface area contributed by atoms with E-state index < -0.39 is 5.60 Å². The van der Waals surface area contributed by atoms with Gasteiger partial charge >= 0.3 is 0 Å². The molecular weight excluding hydrogens is 218 g/mol. The third kappa shape index (κ3) is 5.01. The maximum absolute atomic E-state index is 9.71. The predicted octanol–water partition coefficient (Wildman–Crippen LogP) is 2.45. The van der Waals surface area contributed by atoms with E-state index in [0.29, 0.717) is 12.6 Å². The molecule has 0 fully saturated rings. The zero-order chi connectivity index (χ0) is 12.0. The van der Waals surface area contributed by atoms with Gasteiger partial charge in [-0.1, -0.05) is 30.3 Å². The molecule has 0 heterocycles. The van der Waals surface area contributed by atoms with Crippen LogP contribution in [0.1, 0.15) is 25.5 Å². The average Bonchev–Trinajstić information content (AvgIpc) is 2.24. The Labute approximate surface area is 102 Å². The Bertz CT molecular complexity index is 295. The fraction of sp³-hybridized carbons (Fsp3) is 0.538. The summed E-state index contributed by atoms with van der Waals surface area (Å²) in [6.07, 6.45) is 2.10. The van der Waals surface area contributed by atoms with E-state index >= 15 is 0 Å². The molecule has 2 N–H and O–H groups in total. The lowest BCUT2D eigenvalue weighted by atomic mass is 10.1. The first kappa shape index (κ1) is 13.6. The van der Waals surface area contributed by atoms with Crippen molar-refractivity contribution in [3.05, 3.63) is 35.9 Å².